The molecule has 6 nitrogen and oxygen atoms in total. The van der Waals surface area contributed by atoms with Gasteiger partial charge in [0.15, 0.2) is 11.5 Å². The standard InChI is InChI=1S/C24H26F3N3O3/c25-24(26,27)18-4-6-21(28-16-18)29-9-11-30(12-10-29)22(31)23(7-1-2-8-23)17-3-5-19-20(15-17)33-14-13-32-19/h3-6,15-16H,1-2,7-14H2. The summed E-state index contributed by atoms with van der Waals surface area (Å²) < 4.78 is 49.8. The first kappa shape index (κ1) is 21.9. The van der Waals surface area contributed by atoms with E-state index in [2.05, 4.69) is 4.98 Å². The molecule has 0 bridgehead atoms. The zero-order chi connectivity index (χ0) is 23.1. The second-order valence-corrected chi connectivity index (χ2v) is 8.83. The van der Waals surface area contributed by atoms with Crippen LogP contribution >= 0.6 is 0 Å². The van der Waals surface area contributed by atoms with E-state index in [9.17, 15) is 18.0 Å². The normalized spacial score (nSPS) is 20.1. The van der Waals surface area contributed by atoms with Crippen molar-refractivity contribution >= 4 is 11.7 Å². The molecule has 2 aliphatic heterocycles. The van der Waals surface area contributed by atoms with E-state index in [1.807, 2.05) is 28.0 Å². The Kier molecular flexibility index (Phi) is 5.58. The second kappa shape index (κ2) is 8.43. The zero-order valence-electron chi connectivity index (χ0n) is 18.2. The second-order valence-electron chi connectivity index (χ2n) is 8.83. The van der Waals surface area contributed by atoms with Crippen molar-refractivity contribution in [2.45, 2.75) is 37.3 Å². The number of hydrogen-bond donors (Lipinski definition) is 0. The Morgan fingerprint density at radius 2 is 1.64 bits per heavy atom. The van der Waals surface area contributed by atoms with Gasteiger partial charge < -0.3 is 19.3 Å². The van der Waals surface area contributed by atoms with Gasteiger partial charge in [-0.25, -0.2) is 4.98 Å². The highest BCUT2D eigenvalue weighted by Crippen LogP contribution is 2.45. The maximum atomic E-state index is 13.8. The number of ether oxygens (including phenoxy) is 2. The van der Waals surface area contributed by atoms with E-state index >= 15 is 0 Å². The Balaban J connectivity index is 1.30. The third-order valence-corrected chi connectivity index (χ3v) is 6.93. The molecule has 0 unspecified atom stereocenters. The molecule has 176 valence electrons. The fraction of sp³-hybridized carbons (Fsp3) is 0.500. The highest BCUT2D eigenvalue weighted by Gasteiger charge is 2.46. The SMILES string of the molecule is O=C(N1CCN(c2ccc(C(F)(F)F)cn2)CC1)C1(c2ccc3c(c2)OCCO3)CCCC1. The molecule has 1 saturated heterocycles. The summed E-state index contributed by atoms with van der Waals surface area (Å²) in [7, 11) is 0. The Bertz CT molecular complexity index is 1010. The number of halogens is 3. The van der Waals surface area contributed by atoms with Gasteiger partial charge >= 0.3 is 6.18 Å². The van der Waals surface area contributed by atoms with Crippen molar-refractivity contribution in [2.24, 2.45) is 0 Å². The number of pyridine rings is 1. The molecule has 0 atom stereocenters. The van der Waals surface area contributed by atoms with Crippen molar-refractivity contribution in [3.63, 3.8) is 0 Å². The summed E-state index contributed by atoms with van der Waals surface area (Å²) in [6.45, 7) is 3.09. The summed E-state index contributed by atoms with van der Waals surface area (Å²) in [4.78, 5) is 21.6. The van der Waals surface area contributed by atoms with E-state index in [0.717, 1.165) is 43.5 Å². The molecule has 5 rings (SSSR count). The molecule has 1 aliphatic carbocycles. The number of anilines is 1. The monoisotopic (exact) mass is 461 g/mol. The maximum Gasteiger partial charge on any atom is 0.417 e. The van der Waals surface area contributed by atoms with Crippen LogP contribution in [0.25, 0.3) is 0 Å². The molecular weight excluding hydrogens is 435 g/mol. The number of carbonyl (C=O) groups excluding carboxylic acids is 1. The van der Waals surface area contributed by atoms with Crippen LogP contribution in [-0.2, 0) is 16.4 Å². The Morgan fingerprint density at radius 3 is 2.27 bits per heavy atom. The van der Waals surface area contributed by atoms with Crippen molar-refractivity contribution in [1.29, 1.82) is 0 Å². The molecule has 3 heterocycles. The lowest BCUT2D eigenvalue weighted by Crippen LogP contribution is -2.54. The van der Waals surface area contributed by atoms with Gasteiger partial charge in [0, 0.05) is 32.4 Å². The van der Waals surface area contributed by atoms with Crippen LogP contribution in [0, 0.1) is 0 Å². The van der Waals surface area contributed by atoms with Gasteiger partial charge in [-0.15, -0.1) is 0 Å². The summed E-state index contributed by atoms with van der Waals surface area (Å²) in [5, 5.41) is 0. The molecule has 0 N–H and O–H groups in total. The highest BCUT2D eigenvalue weighted by atomic mass is 19.4. The van der Waals surface area contributed by atoms with Crippen molar-refractivity contribution in [1.82, 2.24) is 9.88 Å². The molecule has 1 amide bonds. The van der Waals surface area contributed by atoms with Gasteiger partial charge in [-0.3, -0.25) is 4.79 Å². The molecule has 1 saturated carbocycles. The van der Waals surface area contributed by atoms with Crippen molar-refractivity contribution in [3.8, 4) is 11.5 Å². The van der Waals surface area contributed by atoms with E-state index in [1.165, 1.54) is 6.07 Å². The number of nitrogens with zero attached hydrogens (tertiary/aromatic N) is 3. The lowest BCUT2D eigenvalue weighted by atomic mass is 9.77. The third kappa shape index (κ3) is 4.09. The Labute approximate surface area is 190 Å². The van der Waals surface area contributed by atoms with Gasteiger partial charge in [-0.1, -0.05) is 18.9 Å². The molecule has 33 heavy (non-hydrogen) atoms. The molecule has 2 fully saturated rings. The van der Waals surface area contributed by atoms with E-state index in [0.29, 0.717) is 56.7 Å². The molecule has 9 heteroatoms. The number of piperazine rings is 1. The van der Waals surface area contributed by atoms with Gasteiger partial charge in [0.25, 0.3) is 0 Å². The largest absolute Gasteiger partial charge is 0.486 e. The van der Waals surface area contributed by atoms with E-state index < -0.39 is 17.2 Å². The van der Waals surface area contributed by atoms with Crippen LogP contribution in [0.5, 0.6) is 11.5 Å². The molecule has 3 aliphatic rings. The van der Waals surface area contributed by atoms with Crippen LogP contribution in [0.15, 0.2) is 36.5 Å². The van der Waals surface area contributed by atoms with E-state index in [-0.39, 0.29) is 5.91 Å². The molecule has 1 aromatic heterocycles. The van der Waals surface area contributed by atoms with Crippen LogP contribution in [0.1, 0.15) is 36.8 Å². The predicted molar refractivity (Wildman–Crippen MR) is 116 cm³/mol. The minimum absolute atomic E-state index is 0.122. The Hall–Kier alpha value is -2.97. The van der Waals surface area contributed by atoms with Gasteiger partial charge in [-0.2, -0.15) is 13.2 Å². The quantitative estimate of drug-likeness (QED) is 0.691. The van der Waals surface area contributed by atoms with E-state index in [1.54, 1.807) is 0 Å². The molecule has 0 spiro atoms. The van der Waals surface area contributed by atoms with E-state index in [4.69, 9.17) is 9.47 Å². The average Bonchev–Trinajstić information content (AvgIpc) is 3.34. The minimum atomic E-state index is -4.40. The fourth-order valence-corrected chi connectivity index (χ4v) is 5.13. The maximum absolute atomic E-state index is 13.8. The minimum Gasteiger partial charge on any atom is -0.486 e. The average molecular weight is 461 g/mol. The molecule has 0 radical (unpaired) electrons. The van der Waals surface area contributed by atoms with Gasteiger partial charge in [0.1, 0.15) is 19.0 Å². The summed E-state index contributed by atoms with van der Waals surface area (Å²) in [5.74, 6) is 2.02. The van der Waals surface area contributed by atoms with Crippen LogP contribution in [-0.4, -0.2) is 55.2 Å². The first-order chi connectivity index (χ1) is 15.9. The number of rotatable bonds is 3. The number of aromatic nitrogens is 1. The Morgan fingerprint density at radius 1 is 0.939 bits per heavy atom. The molecular formula is C24H26F3N3O3. The highest BCUT2D eigenvalue weighted by molar-refractivity contribution is 5.89. The van der Waals surface area contributed by atoms with Crippen molar-refractivity contribution < 1.29 is 27.4 Å². The van der Waals surface area contributed by atoms with Gasteiger partial charge in [-0.05, 0) is 42.7 Å². The topological polar surface area (TPSA) is 54.9 Å². The summed E-state index contributed by atoms with van der Waals surface area (Å²) in [6, 6.07) is 8.29. The van der Waals surface area contributed by atoms with Gasteiger partial charge in [0.2, 0.25) is 5.91 Å². The number of carbonyl (C=O) groups is 1. The molecule has 1 aromatic carbocycles. The van der Waals surface area contributed by atoms with Crippen molar-refractivity contribution in [2.75, 3.05) is 44.3 Å². The lowest BCUT2D eigenvalue weighted by Gasteiger charge is -2.40. The summed E-state index contributed by atoms with van der Waals surface area (Å²) in [6.07, 6.45) is 0.0475. The first-order valence-corrected chi connectivity index (χ1v) is 11.3. The number of alkyl halides is 3. The van der Waals surface area contributed by atoms with Crippen LogP contribution in [0.3, 0.4) is 0 Å². The lowest BCUT2D eigenvalue weighted by molar-refractivity contribution is -0.138. The molecule has 2 aromatic rings. The van der Waals surface area contributed by atoms with Crippen LogP contribution in [0.4, 0.5) is 19.0 Å². The summed E-state index contributed by atoms with van der Waals surface area (Å²) >= 11 is 0. The van der Waals surface area contributed by atoms with Crippen molar-refractivity contribution in [3.05, 3.63) is 47.7 Å². The number of benzene rings is 1. The predicted octanol–water partition coefficient (Wildman–Crippen LogP) is 4.03. The first-order valence-electron chi connectivity index (χ1n) is 11.3. The van der Waals surface area contributed by atoms with Crippen LogP contribution < -0.4 is 14.4 Å². The van der Waals surface area contributed by atoms with Gasteiger partial charge in [0.05, 0.1) is 11.0 Å². The third-order valence-electron chi connectivity index (χ3n) is 6.93. The van der Waals surface area contributed by atoms with Crippen LogP contribution in [0.2, 0.25) is 0 Å². The fourth-order valence-electron chi connectivity index (χ4n) is 5.13. The smallest absolute Gasteiger partial charge is 0.417 e. The number of amides is 1. The number of hydrogen-bond acceptors (Lipinski definition) is 5. The number of fused-ring (bicyclic) bond motifs is 1. The summed E-state index contributed by atoms with van der Waals surface area (Å²) in [5.41, 5.74) is -0.353. The zero-order valence-corrected chi connectivity index (χ0v) is 18.2.